The fraction of sp³-hybridized carbons (Fsp3) is 0. The van der Waals surface area contributed by atoms with Crippen LogP contribution in [-0.4, -0.2) is 16.4 Å². The molecule has 0 radical (unpaired) electrons. The molecule has 3 aromatic rings. The van der Waals surface area contributed by atoms with Crippen molar-refractivity contribution in [3.05, 3.63) is 60.2 Å². The minimum absolute atomic E-state index is 0.902. The van der Waals surface area contributed by atoms with Crippen molar-refractivity contribution in [2.45, 2.75) is 0 Å². The average Bonchev–Trinajstić information content (AvgIpc) is 2.80. The highest BCUT2D eigenvalue weighted by Gasteiger charge is 2.10. The van der Waals surface area contributed by atoms with Gasteiger partial charge in [-0.2, -0.15) is 0 Å². The van der Waals surface area contributed by atoms with Gasteiger partial charge < -0.3 is 10.2 Å². The van der Waals surface area contributed by atoms with E-state index in [0.29, 0.717) is 0 Å². The van der Waals surface area contributed by atoms with Crippen LogP contribution < -0.4 is 0 Å². The maximum atomic E-state index is 8.82. The van der Waals surface area contributed by atoms with Crippen LogP contribution in [0.15, 0.2) is 59.8 Å². The Labute approximate surface area is 104 Å². The molecule has 0 aliphatic carbocycles. The maximum absolute atomic E-state index is 8.82. The fourth-order valence-electron chi connectivity index (χ4n) is 2.19. The van der Waals surface area contributed by atoms with Crippen molar-refractivity contribution in [2.75, 3.05) is 0 Å². The normalized spacial score (nSPS) is 11.3. The summed E-state index contributed by atoms with van der Waals surface area (Å²) in [7, 11) is 0. The van der Waals surface area contributed by atoms with Crippen molar-refractivity contribution in [2.24, 2.45) is 5.16 Å². The van der Waals surface area contributed by atoms with E-state index in [9.17, 15) is 0 Å². The Morgan fingerprint density at radius 1 is 0.944 bits per heavy atom. The molecule has 18 heavy (non-hydrogen) atoms. The summed E-state index contributed by atoms with van der Waals surface area (Å²) in [5, 5.41) is 13.0. The second-order valence-corrected chi connectivity index (χ2v) is 4.07. The number of hydrogen-bond donors (Lipinski definition) is 2. The zero-order valence-electron chi connectivity index (χ0n) is 9.67. The summed E-state index contributed by atoms with van der Waals surface area (Å²) in [4.78, 5) is 3.36. The van der Waals surface area contributed by atoms with Crippen LogP contribution in [0.25, 0.3) is 22.2 Å². The van der Waals surface area contributed by atoms with E-state index < -0.39 is 0 Å². The number of fused-ring (bicyclic) bond motifs is 1. The lowest BCUT2D eigenvalue weighted by atomic mass is 10.1. The largest absolute Gasteiger partial charge is 0.411 e. The number of nitrogens with one attached hydrogen (secondary N) is 1. The minimum atomic E-state index is 0.902. The van der Waals surface area contributed by atoms with Gasteiger partial charge in [-0.15, -0.1) is 0 Å². The summed E-state index contributed by atoms with van der Waals surface area (Å²) >= 11 is 0. The zero-order chi connectivity index (χ0) is 12.4. The smallest absolute Gasteiger partial charge is 0.0761 e. The van der Waals surface area contributed by atoms with Crippen molar-refractivity contribution in [1.29, 1.82) is 0 Å². The summed E-state index contributed by atoms with van der Waals surface area (Å²) in [6.45, 7) is 0. The highest BCUT2D eigenvalue weighted by molar-refractivity contribution is 6.05. The van der Waals surface area contributed by atoms with Crippen molar-refractivity contribution >= 4 is 17.1 Å². The molecule has 3 heteroatoms. The Morgan fingerprint density at radius 2 is 1.67 bits per heavy atom. The molecule has 0 fully saturated rings. The highest BCUT2D eigenvalue weighted by atomic mass is 16.4. The second kappa shape index (κ2) is 4.37. The summed E-state index contributed by atoms with van der Waals surface area (Å²) in [5.41, 5.74) is 3.98. The third-order valence-electron chi connectivity index (χ3n) is 3.00. The molecule has 1 heterocycles. The lowest BCUT2D eigenvalue weighted by Crippen LogP contribution is -1.85. The van der Waals surface area contributed by atoms with E-state index in [4.69, 9.17) is 5.21 Å². The van der Waals surface area contributed by atoms with Gasteiger partial charge >= 0.3 is 0 Å². The monoisotopic (exact) mass is 236 g/mol. The van der Waals surface area contributed by atoms with E-state index in [1.165, 1.54) is 6.21 Å². The third-order valence-corrected chi connectivity index (χ3v) is 3.00. The van der Waals surface area contributed by atoms with Crippen LogP contribution >= 0.6 is 0 Å². The van der Waals surface area contributed by atoms with Gasteiger partial charge in [0.25, 0.3) is 0 Å². The number of H-pyrrole nitrogens is 1. The summed E-state index contributed by atoms with van der Waals surface area (Å²) in [6.07, 6.45) is 1.47. The van der Waals surface area contributed by atoms with Crippen molar-refractivity contribution in [3.63, 3.8) is 0 Å². The predicted octanol–water partition coefficient (Wildman–Crippen LogP) is 3.64. The van der Waals surface area contributed by atoms with E-state index in [-0.39, 0.29) is 0 Å². The van der Waals surface area contributed by atoms with Gasteiger partial charge in [-0.05, 0) is 11.6 Å². The summed E-state index contributed by atoms with van der Waals surface area (Å²) in [6, 6.07) is 18.0. The highest BCUT2D eigenvalue weighted by Crippen LogP contribution is 2.28. The van der Waals surface area contributed by atoms with Gasteiger partial charge in [0, 0.05) is 16.5 Å². The van der Waals surface area contributed by atoms with E-state index in [1.807, 2.05) is 54.6 Å². The average molecular weight is 236 g/mol. The lowest BCUT2D eigenvalue weighted by molar-refractivity contribution is 0.322. The molecular weight excluding hydrogens is 224 g/mol. The summed E-state index contributed by atoms with van der Waals surface area (Å²) in [5.74, 6) is 0. The first-order valence-corrected chi connectivity index (χ1v) is 5.73. The van der Waals surface area contributed by atoms with Crippen molar-refractivity contribution < 1.29 is 5.21 Å². The van der Waals surface area contributed by atoms with E-state index in [1.54, 1.807) is 0 Å². The summed E-state index contributed by atoms with van der Waals surface area (Å²) < 4.78 is 0. The van der Waals surface area contributed by atoms with Gasteiger partial charge in [-0.1, -0.05) is 53.7 Å². The van der Waals surface area contributed by atoms with Gasteiger partial charge in [0.05, 0.1) is 11.9 Å². The molecule has 0 unspecified atom stereocenters. The molecule has 0 saturated heterocycles. The van der Waals surface area contributed by atoms with Crippen LogP contribution in [0.4, 0.5) is 0 Å². The molecule has 1 aromatic heterocycles. The van der Waals surface area contributed by atoms with Gasteiger partial charge in [0.2, 0.25) is 0 Å². The van der Waals surface area contributed by atoms with Crippen LogP contribution in [0.5, 0.6) is 0 Å². The molecule has 0 saturated carbocycles. The minimum Gasteiger partial charge on any atom is -0.411 e. The zero-order valence-corrected chi connectivity index (χ0v) is 9.67. The quantitative estimate of drug-likeness (QED) is 0.398. The van der Waals surface area contributed by atoms with Gasteiger partial charge in [-0.25, -0.2) is 0 Å². The number of rotatable bonds is 2. The molecule has 3 rings (SSSR count). The van der Waals surface area contributed by atoms with Crippen LogP contribution in [0.3, 0.4) is 0 Å². The topological polar surface area (TPSA) is 48.4 Å². The predicted molar refractivity (Wildman–Crippen MR) is 73.1 cm³/mol. The van der Waals surface area contributed by atoms with Crippen LogP contribution in [0.1, 0.15) is 5.56 Å². The number of nitrogens with zero attached hydrogens (tertiary/aromatic N) is 1. The number of hydrogen-bond acceptors (Lipinski definition) is 2. The van der Waals surface area contributed by atoms with Gasteiger partial charge in [-0.3, -0.25) is 0 Å². The maximum Gasteiger partial charge on any atom is 0.0761 e. The van der Waals surface area contributed by atoms with E-state index in [0.717, 1.165) is 27.7 Å². The first kappa shape index (κ1) is 10.6. The molecular formula is C15H12N2O. The number of aromatic amines is 1. The number of para-hydroxylation sites is 1. The Kier molecular flexibility index (Phi) is 2.57. The molecule has 88 valence electrons. The lowest BCUT2D eigenvalue weighted by Gasteiger charge is -1.99. The SMILES string of the molecule is ON=Cc1c(-c2ccccc2)[nH]c2ccccc12. The molecule has 0 bridgehead atoms. The van der Waals surface area contributed by atoms with Crippen molar-refractivity contribution in [1.82, 2.24) is 4.98 Å². The Hall–Kier alpha value is -2.55. The van der Waals surface area contributed by atoms with Crippen LogP contribution in [0, 0.1) is 0 Å². The van der Waals surface area contributed by atoms with Crippen LogP contribution in [0.2, 0.25) is 0 Å². The molecule has 0 atom stereocenters. The number of benzene rings is 2. The molecule has 0 spiro atoms. The first-order valence-electron chi connectivity index (χ1n) is 5.73. The van der Waals surface area contributed by atoms with Crippen LogP contribution in [-0.2, 0) is 0 Å². The van der Waals surface area contributed by atoms with Crippen molar-refractivity contribution in [3.8, 4) is 11.3 Å². The molecule has 2 aromatic carbocycles. The van der Waals surface area contributed by atoms with E-state index >= 15 is 0 Å². The van der Waals surface area contributed by atoms with E-state index in [2.05, 4.69) is 10.1 Å². The fourth-order valence-corrected chi connectivity index (χ4v) is 2.19. The number of aromatic nitrogens is 1. The number of oxime groups is 1. The Bertz CT molecular complexity index is 699. The molecule has 0 amide bonds. The molecule has 0 aliphatic rings. The second-order valence-electron chi connectivity index (χ2n) is 4.07. The first-order chi connectivity index (χ1) is 8.90. The van der Waals surface area contributed by atoms with Gasteiger partial charge in [0.1, 0.15) is 0 Å². The Balaban J connectivity index is 2.32. The standard InChI is InChI=1S/C15H12N2O/c18-16-10-13-12-8-4-5-9-14(12)17-15(13)11-6-2-1-3-7-11/h1-10,17-18H. The van der Waals surface area contributed by atoms with Gasteiger partial charge in [0.15, 0.2) is 0 Å². The Morgan fingerprint density at radius 3 is 2.44 bits per heavy atom. The molecule has 3 nitrogen and oxygen atoms in total. The molecule has 0 aliphatic heterocycles. The molecule has 2 N–H and O–H groups in total. The third kappa shape index (κ3) is 1.66.